The van der Waals surface area contributed by atoms with Crippen molar-refractivity contribution in [2.75, 3.05) is 53.6 Å². The van der Waals surface area contributed by atoms with Crippen LogP contribution in [0.2, 0.25) is 0 Å². The summed E-state index contributed by atoms with van der Waals surface area (Å²) in [5.74, 6) is 2.82. The lowest BCUT2D eigenvalue weighted by molar-refractivity contribution is 0.0650. The summed E-state index contributed by atoms with van der Waals surface area (Å²) in [7, 11) is 3.27. The first-order valence-electron chi connectivity index (χ1n) is 15.8. The van der Waals surface area contributed by atoms with Crippen molar-refractivity contribution in [3.8, 4) is 11.5 Å². The molecule has 3 aliphatic rings. The number of carbonyl (C=O) groups excluding carboxylic acids is 2. The molecule has 9 heteroatoms. The topological polar surface area (TPSA) is 101 Å². The Balaban J connectivity index is 1.40. The summed E-state index contributed by atoms with van der Waals surface area (Å²) in [6.45, 7) is 8.33. The Morgan fingerprint density at radius 2 is 1.80 bits per heavy atom. The lowest BCUT2D eigenvalue weighted by Crippen LogP contribution is -2.51. The highest BCUT2D eigenvalue weighted by molar-refractivity contribution is 5.95. The minimum Gasteiger partial charge on any atom is -0.493 e. The van der Waals surface area contributed by atoms with Crippen LogP contribution in [0.5, 0.6) is 11.5 Å². The monoisotopic (exact) mass is 572 g/mol. The lowest BCUT2D eigenvalue weighted by atomic mass is 9.85. The molecule has 230 valence electrons. The molecule has 1 saturated heterocycles. The second-order valence-electron chi connectivity index (χ2n) is 12.4. The van der Waals surface area contributed by atoms with Crippen molar-refractivity contribution in [3.05, 3.63) is 23.8 Å². The van der Waals surface area contributed by atoms with E-state index < -0.39 is 0 Å². The molecule has 0 bridgehead atoms. The number of urea groups is 1. The van der Waals surface area contributed by atoms with Gasteiger partial charge in [0.15, 0.2) is 11.5 Å². The molecule has 9 nitrogen and oxygen atoms in total. The zero-order valence-electron chi connectivity index (χ0n) is 25.6. The van der Waals surface area contributed by atoms with Crippen LogP contribution in [0.25, 0.3) is 0 Å². The minimum atomic E-state index is -0.0359. The van der Waals surface area contributed by atoms with Crippen LogP contribution >= 0.6 is 0 Å². The van der Waals surface area contributed by atoms with Gasteiger partial charge in [-0.15, -0.1) is 0 Å². The summed E-state index contributed by atoms with van der Waals surface area (Å²) in [6.07, 6.45) is 9.37. The van der Waals surface area contributed by atoms with Gasteiger partial charge in [0.25, 0.3) is 5.91 Å². The Hall–Kier alpha value is -2.52. The summed E-state index contributed by atoms with van der Waals surface area (Å²) in [6, 6.07) is 5.52. The molecule has 3 fully saturated rings. The molecule has 0 radical (unpaired) electrons. The average Bonchev–Trinajstić information content (AvgIpc) is 3.73. The number of nitrogens with one attached hydrogen (secondary N) is 3. The van der Waals surface area contributed by atoms with Crippen molar-refractivity contribution in [3.63, 3.8) is 0 Å². The van der Waals surface area contributed by atoms with Crippen LogP contribution < -0.4 is 25.4 Å². The molecule has 1 aliphatic heterocycles. The summed E-state index contributed by atoms with van der Waals surface area (Å²) in [4.78, 5) is 28.8. The SMILES string of the molecule is COCCCOc1cc(C(=O)N(C[C@@H]2CNC[C@H]2C(NC(=O)NCC2CCCCC2)C2CC2)C(C)C)ccc1OC. The zero-order chi connectivity index (χ0) is 29.2. The number of amides is 3. The lowest BCUT2D eigenvalue weighted by Gasteiger charge is -2.35. The van der Waals surface area contributed by atoms with E-state index >= 15 is 0 Å². The van der Waals surface area contributed by atoms with Crippen LogP contribution in [0.1, 0.15) is 75.6 Å². The molecule has 2 saturated carbocycles. The van der Waals surface area contributed by atoms with Gasteiger partial charge < -0.3 is 35.1 Å². The standard InChI is InChI=1S/C32H52N4O5/c1-22(2)36(31(37)25-13-14-28(40-4)29(17-25)41-16-8-15-39-3)21-26-19-33-20-27(26)30(24-11-12-24)35-32(38)34-18-23-9-6-5-7-10-23/h13-14,17,22-24,26-27,30,33H,5-12,15-16,18-21H2,1-4H3,(H2,34,35,38)/t26-,27+,30?/m0/s1. The van der Waals surface area contributed by atoms with Crippen LogP contribution in [-0.2, 0) is 4.74 Å². The van der Waals surface area contributed by atoms with Crippen molar-refractivity contribution in [2.45, 2.75) is 77.3 Å². The third kappa shape index (κ3) is 8.98. The molecular formula is C32H52N4O5. The Kier molecular flexibility index (Phi) is 12.0. The number of hydrogen-bond donors (Lipinski definition) is 3. The predicted octanol–water partition coefficient (Wildman–Crippen LogP) is 4.45. The molecule has 1 unspecified atom stereocenters. The fourth-order valence-electron chi connectivity index (χ4n) is 6.49. The Morgan fingerprint density at radius 3 is 2.49 bits per heavy atom. The maximum atomic E-state index is 13.8. The van der Waals surface area contributed by atoms with Crippen molar-refractivity contribution >= 4 is 11.9 Å². The van der Waals surface area contributed by atoms with E-state index in [4.69, 9.17) is 14.2 Å². The molecule has 1 heterocycles. The minimum absolute atomic E-state index is 0.0174. The number of nitrogens with zero attached hydrogens (tertiary/aromatic N) is 1. The van der Waals surface area contributed by atoms with Gasteiger partial charge in [0.1, 0.15) is 0 Å². The van der Waals surface area contributed by atoms with E-state index in [1.807, 2.05) is 11.0 Å². The first kappa shape index (κ1) is 31.4. The van der Waals surface area contributed by atoms with E-state index in [1.165, 1.54) is 32.1 Å². The summed E-state index contributed by atoms with van der Waals surface area (Å²) < 4.78 is 16.5. The fourth-order valence-corrected chi connectivity index (χ4v) is 6.49. The first-order chi connectivity index (χ1) is 19.9. The van der Waals surface area contributed by atoms with E-state index in [9.17, 15) is 9.59 Å². The van der Waals surface area contributed by atoms with E-state index in [-0.39, 0.29) is 35.9 Å². The molecule has 3 N–H and O–H groups in total. The largest absolute Gasteiger partial charge is 0.493 e. The van der Waals surface area contributed by atoms with Crippen LogP contribution in [0, 0.1) is 23.7 Å². The number of benzene rings is 1. The molecule has 0 spiro atoms. The van der Waals surface area contributed by atoms with Crippen LogP contribution in [0.3, 0.4) is 0 Å². The number of rotatable bonds is 15. The average molecular weight is 573 g/mol. The highest BCUT2D eigenvalue weighted by Gasteiger charge is 2.43. The fraction of sp³-hybridized carbons (Fsp3) is 0.750. The Labute approximate surface area is 246 Å². The van der Waals surface area contributed by atoms with Gasteiger partial charge in [-0.25, -0.2) is 4.79 Å². The van der Waals surface area contributed by atoms with Gasteiger partial charge in [-0.3, -0.25) is 4.79 Å². The molecule has 1 aromatic rings. The maximum Gasteiger partial charge on any atom is 0.315 e. The van der Waals surface area contributed by atoms with Crippen LogP contribution in [0.15, 0.2) is 18.2 Å². The Bertz CT molecular complexity index is 979. The number of carbonyl (C=O) groups is 2. The third-order valence-corrected chi connectivity index (χ3v) is 9.03. The zero-order valence-corrected chi connectivity index (χ0v) is 25.6. The smallest absolute Gasteiger partial charge is 0.315 e. The van der Waals surface area contributed by atoms with E-state index in [0.717, 1.165) is 38.9 Å². The molecule has 41 heavy (non-hydrogen) atoms. The third-order valence-electron chi connectivity index (χ3n) is 9.03. The molecule has 4 rings (SSSR count). The maximum absolute atomic E-state index is 13.8. The molecular weight excluding hydrogens is 520 g/mol. The van der Waals surface area contributed by atoms with Crippen LogP contribution in [-0.4, -0.2) is 82.5 Å². The molecule has 3 atom stereocenters. The van der Waals surface area contributed by atoms with Crippen molar-refractivity contribution < 1.29 is 23.8 Å². The number of methoxy groups -OCH3 is 2. The molecule has 2 aliphatic carbocycles. The van der Waals surface area contributed by atoms with Gasteiger partial charge >= 0.3 is 6.03 Å². The van der Waals surface area contributed by atoms with Crippen molar-refractivity contribution in [1.29, 1.82) is 0 Å². The highest BCUT2D eigenvalue weighted by atomic mass is 16.5. The quantitative estimate of drug-likeness (QED) is 0.269. The van der Waals surface area contributed by atoms with Gasteiger partial charge in [0.05, 0.1) is 13.7 Å². The van der Waals surface area contributed by atoms with Crippen molar-refractivity contribution in [1.82, 2.24) is 20.9 Å². The predicted molar refractivity (Wildman–Crippen MR) is 161 cm³/mol. The van der Waals surface area contributed by atoms with E-state index in [1.54, 1.807) is 26.4 Å². The number of hydrogen-bond acceptors (Lipinski definition) is 6. The Morgan fingerprint density at radius 1 is 1.02 bits per heavy atom. The van der Waals surface area contributed by atoms with Crippen molar-refractivity contribution in [2.24, 2.45) is 23.7 Å². The van der Waals surface area contributed by atoms with Gasteiger partial charge in [0, 0.05) is 64.0 Å². The second kappa shape index (κ2) is 15.6. The summed E-state index contributed by atoms with van der Waals surface area (Å²) in [5.41, 5.74) is 0.586. The number of ether oxygens (including phenoxy) is 3. The van der Waals surface area contributed by atoms with Gasteiger partial charge in [0.2, 0.25) is 0 Å². The van der Waals surface area contributed by atoms with Gasteiger partial charge in [-0.05, 0) is 81.4 Å². The summed E-state index contributed by atoms with van der Waals surface area (Å²) in [5, 5.41) is 10.1. The molecule has 3 amide bonds. The molecule has 1 aromatic carbocycles. The summed E-state index contributed by atoms with van der Waals surface area (Å²) >= 11 is 0. The van der Waals surface area contributed by atoms with Gasteiger partial charge in [-0.2, -0.15) is 0 Å². The van der Waals surface area contributed by atoms with Gasteiger partial charge in [-0.1, -0.05) is 19.3 Å². The van der Waals surface area contributed by atoms with Crippen LogP contribution in [0.4, 0.5) is 4.79 Å². The second-order valence-corrected chi connectivity index (χ2v) is 12.4. The van der Waals surface area contributed by atoms with E-state index in [2.05, 4.69) is 29.8 Å². The first-order valence-corrected chi connectivity index (χ1v) is 15.8. The highest BCUT2D eigenvalue weighted by Crippen LogP contribution is 2.39. The normalized spacial score (nSPS) is 21.9. The molecule has 0 aromatic heterocycles. The van der Waals surface area contributed by atoms with E-state index in [0.29, 0.717) is 48.7 Å².